The predicted octanol–water partition coefficient (Wildman–Crippen LogP) is 2.41. The molecule has 0 aliphatic heterocycles. The highest BCUT2D eigenvalue weighted by Gasteiger charge is 2.10. The molecule has 0 aliphatic carbocycles. The second-order valence-electron chi connectivity index (χ2n) is 5.30. The summed E-state index contributed by atoms with van der Waals surface area (Å²) < 4.78 is 7.53. The zero-order valence-corrected chi connectivity index (χ0v) is 11.1. The summed E-state index contributed by atoms with van der Waals surface area (Å²) in [4.78, 5) is 0. The Morgan fingerprint density at radius 2 is 2.12 bits per heavy atom. The Hall–Kier alpha value is -0.800. The molecule has 3 nitrogen and oxygen atoms in total. The van der Waals surface area contributed by atoms with Crippen LogP contribution in [0.5, 0.6) is 0 Å². The highest BCUT2D eigenvalue weighted by molar-refractivity contribution is 5.07. The van der Waals surface area contributed by atoms with Crippen molar-refractivity contribution in [2.75, 3.05) is 7.11 Å². The van der Waals surface area contributed by atoms with E-state index in [0.29, 0.717) is 0 Å². The van der Waals surface area contributed by atoms with Gasteiger partial charge < -0.3 is 14.6 Å². The molecular formula is C13H24N2O. The molecule has 0 bridgehead atoms. The Bertz CT molecular complexity index is 312. The standard InChI is InChI=1S/C13H24N2O/c1-11(16-5)10-15-8-6-7-12(15)9-14-13(2,3)4/h6-8,11,14H,9-10H2,1-5H3. The topological polar surface area (TPSA) is 26.2 Å². The van der Waals surface area contributed by atoms with Crippen molar-refractivity contribution < 1.29 is 4.74 Å². The van der Waals surface area contributed by atoms with Crippen molar-refractivity contribution in [1.82, 2.24) is 9.88 Å². The minimum atomic E-state index is 0.155. The third-order valence-corrected chi connectivity index (χ3v) is 2.58. The highest BCUT2D eigenvalue weighted by atomic mass is 16.5. The Morgan fingerprint density at radius 3 is 2.69 bits per heavy atom. The maximum absolute atomic E-state index is 5.28. The van der Waals surface area contributed by atoms with Crippen molar-refractivity contribution in [2.45, 2.75) is 52.4 Å². The van der Waals surface area contributed by atoms with Gasteiger partial charge in [0.25, 0.3) is 0 Å². The van der Waals surface area contributed by atoms with E-state index >= 15 is 0 Å². The van der Waals surface area contributed by atoms with Gasteiger partial charge in [-0.2, -0.15) is 0 Å². The SMILES string of the molecule is COC(C)Cn1cccc1CNC(C)(C)C. The molecule has 1 unspecified atom stereocenters. The first-order valence-electron chi connectivity index (χ1n) is 5.84. The summed E-state index contributed by atoms with van der Waals surface area (Å²) in [5, 5.41) is 3.49. The maximum atomic E-state index is 5.28. The molecule has 0 radical (unpaired) electrons. The monoisotopic (exact) mass is 224 g/mol. The number of hydrogen-bond donors (Lipinski definition) is 1. The molecule has 1 atom stereocenters. The van der Waals surface area contributed by atoms with Crippen molar-refractivity contribution in [3.63, 3.8) is 0 Å². The molecule has 1 rings (SSSR count). The Morgan fingerprint density at radius 1 is 1.44 bits per heavy atom. The maximum Gasteiger partial charge on any atom is 0.0722 e. The van der Waals surface area contributed by atoms with E-state index in [2.05, 4.69) is 55.9 Å². The second-order valence-corrected chi connectivity index (χ2v) is 5.30. The fraction of sp³-hybridized carbons (Fsp3) is 0.692. The highest BCUT2D eigenvalue weighted by Crippen LogP contribution is 2.07. The van der Waals surface area contributed by atoms with Gasteiger partial charge in [-0.05, 0) is 39.8 Å². The van der Waals surface area contributed by atoms with Gasteiger partial charge in [0.2, 0.25) is 0 Å². The molecule has 3 heteroatoms. The van der Waals surface area contributed by atoms with Crippen LogP contribution in [0.4, 0.5) is 0 Å². The van der Waals surface area contributed by atoms with Crippen LogP contribution in [-0.2, 0) is 17.8 Å². The molecule has 0 saturated heterocycles. The average Bonchev–Trinajstić information content (AvgIpc) is 2.61. The Balaban J connectivity index is 2.57. The van der Waals surface area contributed by atoms with Crippen molar-refractivity contribution in [2.24, 2.45) is 0 Å². The second kappa shape index (κ2) is 5.51. The Kier molecular flexibility index (Phi) is 4.56. The zero-order chi connectivity index (χ0) is 12.2. The number of nitrogens with one attached hydrogen (secondary N) is 1. The van der Waals surface area contributed by atoms with Gasteiger partial charge in [0.05, 0.1) is 6.10 Å². The van der Waals surface area contributed by atoms with Crippen LogP contribution >= 0.6 is 0 Å². The van der Waals surface area contributed by atoms with Gasteiger partial charge in [0.1, 0.15) is 0 Å². The molecular weight excluding hydrogens is 200 g/mol. The first-order valence-corrected chi connectivity index (χ1v) is 5.84. The van der Waals surface area contributed by atoms with E-state index in [1.54, 1.807) is 7.11 Å². The molecule has 0 fully saturated rings. The van der Waals surface area contributed by atoms with Crippen LogP contribution in [0.2, 0.25) is 0 Å². The van der Waals surface area contributed by atoms with Crippen molar-refractivity contribution in [3.8, 4) is 0 Å². The van der Waals surface area contributed by atoms with Gasteiger partial charge in [0.15, 0.2) is 0 Å². The van der Waals surface area contributed by atoms with Gasteiger partial charge in [0, 0.05) is 37.6 Å². The summed E-state index contributed by atoms with van der Waals surface area (Å²) >= 11 is 0. The smallest absolute Gasteiger partial charge is 0.0722 e. The molecule has 1 heterocycles. The summed E-state index contributed by atoms with van der Waals surface area (Å²) in [5.74, 6) is 0. The molecule has 0 amide bonds. The lowest BCUT2D eigenvalue weighted by molar-refractivity contribution is 0.102. The fourth-order valence-corrected chi connectivity index (χ4v) is 1.50. The minimum Gasteiger partial charge on any atom is -0.380 e. The molecule has 1 N–H and O–H groups in total. The lowest BCUT2D eigenvalue weighted by atomic mass is 10.1. The molecule has 1 aromatic rings. The third-order valence-electron chi connectivity index (χ3n) is 2.58. The minimum absolute atomic E-state index is 0.155. The van der Waals surface area contributed by atoms with E-state index < -0.39 is 0 Å². The van der Waals surface area contributed by atoms with E-state index in [9.17, 15) is 0 Å². The quantitative estimate of drug-likeness (QED) is 0.831. The van der Waals surface area contributed by atoms with Gasteiger partial charge in [-0.15, -0.1) is 0 Å². The van der Waals surface area contributed by atoms with E-state index in [1.165, 1.54) is 5.69 Å². The van der Waals surface area contributed by atoms with E-state index in [4.69, 9.17) is 4.74 Å². The fourth-order valence-electron chi connectivity index (χ4n) is 1.50. The van der Waals surface area contributed by atoms with Crippen LogP contribution in [0.15, 0.2) is 18.3 Å². The number of hydrogen-bond acceptors (Lipinski definition) is 2. The summed E-state index contributed by atoms with van der Waals surface area (Å²) in [6, 6.07) is 4.24. The predicted molar refractivity (Wildman–Crippen MR) is 67.5 cm³/mol. The van der Waals surface area contributed by atoms with Gasteiger partial charge >= 0.3 is 0 Å². The van der Waals surface area contributed by atoms with E-state index in [0.717, 1.165) is 13.1 Å². The van der Waals surface area contributed by atoms with Crippen molar-refractivity contribution >= 4 is 0 Å². The lowest BCUT2D eigenvalue weighted by Gasteiger charge is -2.22. The largest absolute Gasteiger partial charge is 0.380 e. The Labute approximate surface area is 98.8 Å². The summed E-state index contributed by atoms with van der Waals surface area (Å²) in [7, 11) is 1.75. The molecule has 92 valence electrons. The molecule has 1 aromatic heterocycles. The van der Waals surface area contributed by atoms with Crippen molar-refractivity contribution in [1.29, 1.82) is 0 Å². The van der Waals surface area contributed by atoms with Crippen LogP contribution in [-0.4, -0.2) is 23.3 Å². The number of aromatic nitrogens is 1. The van der Waals surface area contributed by atoms with Crippen LogP contribution in [0, 0.1) is 0 Å². The van der Waals surface area contributed by atoms with Gasteiger partial charge in [-0.25, -0.2) is 0 Å². The zero-order valence-electron chi connectivity index (χ0n) is 11.1. The lowest BCUT2D eigenvalue weighted by Crippen LogP contribution is -2.35. The summed E-state index contributed by atoms with van der Waals surface area (Å²) in [6.45, 7) is 10.4. The van der Waals surface area contributed by atoms with Crippen LogP contribution in [0.25, 0.3) is 0 Å². The third kappa shape index (κ3) is 4.37. The number of ether oxygens (including phenoxy) is 1. The first-order chi connectivity index (χ1) is 7.42. The van der Waals surface area contributed by atoms with Crippen LogP contribution < -0.4 is 5.32 Å². The van der Waals surface area contributed by atoms with E-state index in [-0.39, 0.29) is 11.6 Å². The molecule has 0 aliphatic rings. The number of methoxy groups -OCH3 is 1. The van der Waals surface area contributed by atoms with Crippen LogP contribution in [0.1, 0.15) is 33.4 Å². The molecule has 16 heavy (non-hydrogen) atoms. The van der Waals surface area contributed by atoms with Gasteiger partial charge in [-0.3, -0.25) is 0 Å². The molecule has 0 saturated carbocycles. The molecule has 0 spiro atoms. The number of nitrogens with zero attached hydrogens (tertiary/aromatic N) is 1. The number of rotatable bonds is 5. The van der Waals surface area contributed by atoms with Gasteiger partial charge in [-0.1, -0.05) is 0 Å². The summed E-state index contributed by atoms with van der Waals surface area (Å²) in [6.07, 6.45) is 2.36. The summed E-state index contributed by atoms with van der Waals surface area (Å²) in [5.41, 5.74) is 1.46. The van der Waals surface area contributed by atoms with Crippen molar-refractivity contribution in [3.05, 3.63) is 24.0 Å². The molecule has 0 aromatic carbocycles. The normalized spacial score (nSPS) is 14.1. The first kappa shape index (κ1) is 13.3. The van der Waals surface area contributed by atoms with Crippen LogP contribution in [0.3, 0.4) is 0 Å². The average molecular weight is 224 g/mol. The van der Waals surface area contributed by atoms with E-state index in [1.807, 2.05) is 0 Å².